The molecule has 2 heterocycles. The normalized spacial score (nSPS) is 22.2. The average Bonchev–Trinajstić information content (AvgIpc) is 2.58. The van der Waals surface area contributed by atoms with Gasteiger partial charge in [0.15, 0.2) is 6.04 Å². The van der Waals surface area contributed by atoms with Crippen molar-refractivity contribution in [3.05, 3.63) is 24.0 Å². The zero-order chi connectivity index (χ0) is 8.55. The van der Waals surface area contributed by atoms with Crippen molar-refractivity contribution in [1.29, 1.82) is 0 Å². The number of carbonyl (C=O) groups is 2. The van der Waals surface area contributed by atoms with E-state index in [2.05, 4.69) is 15.6 Å². The number of H-pyrrole nitrogens is 1. The molecule has 1 aromatic rings. The molecular weight excluding hydrogens is 158 g/mol. The lowest BCUT2D eigenvalue weighted by molar-refractivity contribution is -0.120. The Bertz CT molecular complexity index is 317. The standard InChI is InChI=1S/C7H7N3O2/c11-6-5(9-7(12)10-6)4-2-1-3-8-4/h1-3,5,8H,(H2,9,10,11,12). The second-order valence-corrected chi connectivity index (χ2v) is 2.52. The van der Waals surface area contributed by atoms with Crippen molar-refractivity contribution in [2.45, 2.75) is 6.04 Å². The summed E-state index contributed by atoms with van der Waals surface area (Å²) < 4.78 is 0. The molecule has 12 heavy (non-hydrogen) atoms. The summed E-state index contributed by atoms with van der Waals surface area (Å²) in [6.45, 7) is 0. The largest absolute Gasteiger partial charge is 0.363 e. The van der Waals surface area contributed by atoms with E-state index in [-0.39, 0.29) is 5.91 Å². The summed E-state index contributed by atoms with van der Waals surface area (Å²) in [5.74, 6) is -0.317. The Morgan fingerprint density at radius 1 is 1.33 bits per heavy atom. The van der Waals surface area contributed by atoms with Gasteiger partial charge in [-0.2, -0.15) is 0 Å². The van der Waals surface area contributed by atoms with Gasteiger partial charge in [-0.15, -0.1) is 0 Å². The van der Waals surface area contributed by atoms with Gasteiger partial charge in [-0.05, 0) is 12.1 Å². The molecule has 0 spiro atoms. The molecule has 1 saturated heterocycles. The Morgan fingerprint density at radius 2 is 2.17 bits per heavy atom. The van der Waals surface area contributed by atoms with Crippen LogP contribution in [0.2, 0.25) is 0 Å². The molecule has 1 aromatic heterocycles. The highest BCUT2D eigenvalue weighted by Crippen LogP contribution is 2.13. The molecule has 0 saturated carbocycles. The second kappa shape index (κ2) is 2.37. The molecule has 5 nitrogen and oxygen atoms in total. The van der Waals surface area contributed by atoms with Gasteiger partial charge in [-0.3, -0.25) is 10.1 Å². The molecule has 2 rings (SSSR count). The molecule has 1 fully saturated rings. The van der Waals surface area contributed by atoms with Crippen LogP contribution in [0.15, 0.2) is 18.3 Å². The quantitative estimate of drug-likeness (QED) is 0.508. The fourth-order valence-corrected chi connectivity index (χ4v) is 1.16. The van der Waals surface area contributed by atoms with Gasteiger partial charge < -0.3 is 10.3 Å². The van der Waals surface area contributed by atoms with Gasteiger partial charge in [-0.1, -0.05) is 0 Å². The van der Waals surface area contributed by atoms with Gasteiger partial charge in [0.1, 0.15) is 0 Å². The third-order valence-electron chi connectivity index (χ3n) is 1.71. The predicted molar refractivity (Wildman–Crippen MR) is 40.2 cm³/mol. The molecule has 0 radical (unpaired) electrons. The fraction of sp³-hybridized carbons (Fsp3) is 0.143. The number of hydrogen-bond acceptors (Lipinski definition) is 2. The van der Waals surface area contributed by atoms with Crippen LogP contribution in [0.3, 0.4) is 0 Å². The van der Waals surface area contributed by atoms with E-state index in [1.165, 1.54) is 0 Å². The molecular formula is C7H7N3O2. The number of nitrogens with one attached hydrogen (secondary N) is 3. The first kappa shape index (κ1) is 6.90. The monoisotopic (exact) mass is 165 g/mol. The molecule has 1 aliphatic rings. The van der Waals surface area contributed by atoms with E-state index in [1.807, 2.05) is 0 Å². The van der Waals surface area contributed by atoms with E-state index in [0.717, 1.165) is 0 Å². The molecule has 1 unspecified atom stereocenters. The third-order valence-corrected chi connectivity index (χ3v) is 1.71. The van der Waals surface area contributed by atoms with Crippen LogP contribution >= 0.6 is 0 Å². The van der Waals surface area contributed by atoms with Crippen LogP contribution in [-0.2, 0) is 4.79 Å². The molecule has 1 aliphatic heterocycles. The van der Waals surface area contributed by atoms with Gasteiger partial charge >= 0.3 is 6.03 Å². The Labute approximate surface area is 68.2 Å². The van der Waals surface area contributed by atoms with Crippen molar-refractivity contribution in [2.24, 2.45) is 0 Å². The number of aromatic amines is 1. The highest BCUT2D eigenvalue weighted by molar-refractivity contribution is 6.04. The van der Waals surface area contributed by atoms with Crippen molar-refractivity contribution in [3.63, 3.8) is 0 Å². The van der Waals surface area contributed by atoms with Gasteiger partial charge in [0.25, 0.3) is 5.91 Å². The maximum absolute atomic E-state index is 11.1. The Hall–Kier alpha value is -1.78. The molecule has 0 aromatic carbocycles. The molecule has 0 aliphatic carbocycles. The highest BCUT2D eigenvalue weighted by Gasteiger charge is 2.31. The van der Waals surface area contributed by atoms with Crippen LogP contribution in [0.4, 0.5) is 4.79 Å². The van der Waals surface area contributed by atoms with Crippen molar-refractivity contribution in [3.8, 4) is 0 Å². The number of rotatable bonds is 1. The zero-order valence-corrected chi connectivity index (χ0v) is 6.13. The lowest BCUT2D eigenvalue weighted by atomic mass is 10.2. The number of imide groups is 1. The van der Waals surface area contributed by atoms with Gasteiger partial charge in [0.2, 0.25) is 0 Å². The average molecular weight is 165 g/mol. The maximum Gasteiger partial charge on any atom is 0.322 e. The minimum Gasteiger partial charge on any atom is -0.363 e. The van der Waals surface area contributed by atoms with Crippen molar-refractivity contribution in [2.75, 3.05) is 0 Å². The first-order chi connectivity index (χ1) is 5.77. The van der Waals surface area contributed by atoms with E-state index >= 15 is 0 Å². The third kappa shape index (κ3) is 0.952. The van der Waals surface area contributed by atoms with E-state index in [4.69, 9.17) is 0 Å². The highest BCUT2D eigenvalue weighted by atomic mass is 16.2. The number of amides is 3. The van der Waals surface area contributed by atoms with E-state index in [9.17, 15) is 9.59 Å². The smallest absolute Gasteiger partial charge is 0.322 e. The minimum absolute atomic E-state index is 0.317. The van der Waals surface area contributed by atoms with Crippen LogP contribution in [0.1, 0.15) is 11.7 Å². The Morgan fingerprint density at radius 3 is 2.67 bits per heavy atom. The van der Waals surface area contributed by atoms with Crippen molar-refractivity contribution < 1.29 is 9.59 Å². The maximum atomic E-state index is 11.1. The summed E-state index contributed by atoms with van der Waals surface area (Å²) in [6.07, 6.45) is 1.70. The van der Waals surface area contributed by atoms with E-state index < -0.39 is 12.1 Å². The second-order valence-electron chi connectivity index (χ2n) is 2.52. The molecule has 0 bridgehead atoms. The van der Waals surface area contributed by atoms with Gasteiger partial charge in [-0.25, -0.2) is 4.79 Å². The predicted octanol–water partition coefficient (Wildman–Crippen LogP) is -0.105. The van der Waals surface area contributed by atoms with E-state index in [1.54, 1.807) is 18.3 Å². The number of hydrogen-bond donors (Lipinski definition) is 3. The molecule has 1 atom stereocenters. The Kier molecular flexibility index (Phi) is 1.36. The molecule has 62 valence electrons. The summed E-state index contributed by atoms with van der Waals surface area (Å²) in [4.78, 5) is 24.6. The lowest BCUT2D eigenvalue weighted by Crippen LogP contribution is -2.22. The van der Waals surface area contributed by atoms with Crippen LogP contribution in [0, 0.1) is 0 Å². The molecule has 5 heteroatoms. The Balaban J connectivity index is 2.26. The van der Waals surface area contributed by atoms with Crippen LogP contribution in [0.5, 0.6) is 0 Å². The first-order valence-electron chi connectivity index (χ1n) is 3.52. The summed E-state index contributed by atoms with van der Waals surface area (Å²) >= 11 is 0. The number of urea groups is 1. The number of aromatic nitrogens is 1. The lowest BCUT2D eigenvalue weighted by Gasteiger charge is -2.02. The first-order valence-corrected chi connectivity index (χ1v) is 3.52. The zero-order valence-electron chi connectivity index (χ0n) is 6.13. The molecule has 3 amide bonds. The van der Waals surface area contributed by atoms with Crippen LogP contribution < -0.4 is 10.6 Å². The topological polar surface area (TPSA) is 74.0 Å². The summed E-state index contributed by atoms with van der Waals surface area (Å²) in [5.41, 5.74) is 0.693. The van der Waals surface area contributed by atoms with Gasteiger partial charge in [0, 0.05) is 11.9 Å². The fourth-order valence-electron chi connectivity index (χ4n) is 1.16. The van der Waals surface area contributed by atoms with Crippen LogP contribution in [0.25, 0.3) is 0 Å². The SMILES string of the molecule is O=C1NC(=O)C(c2ccc[nH]2)N1. The summed E-state index contributed by atoms with van der Waals surface area (Å²) in [6, 6.07) is 2.51. The van der Waals surface area contributed by atoms with E-state index in [0.29, 0.717) is 5.69 Å². The van der Waals surface area contributed by atoms with Crippen molar-refractivity contribution >= 4 is 11.9 Å². The molecule has 3 N–H and O–H groups in total. The number of carbonyl (C=O) groups excluding carboxylic acids is 2. The summed E-state index contributed by atoms with van der Waals surface area (Å²) in [5, 5.41) is 4.62. The van der Waals surface area contributed by atoms with Crippen molar-refractivity contribution in [1.82, 2.24) is 15.6 Å². The summed E-state index contributed by atoms with van der Waals surface area (Å²) in [7, 11) is 0. The van der Waals surface area contributed by atoms with Gasteiger partial charge in [0.05, 0.1) is 0 Å². The van der Waals surface area contributed by atoms with Crippen LogP contribution in [-0.4, -0.2) is 16.9 Å². The minimum atomic E-state index is -0.563.